The molecule has 0 bridgehead atoms. The molecule has 0 unspecified atom stereocenters. The first kappa shape index (κ1) is 9.93. The topological polar surface area (TPSA) is 54.7 Å². The lowest BCUT2D eigenvalue weighted by molar-refractivity contribution is 0.902. The molecule has 78 valence electrons. The van der Waals surface area contributed by atoms with Gasteiger partial charge in [-0.25, -0.2) is 0 Å². The second kappa shape index (κ2) is 4.28. The number of nitrogens with zero attached hydrogens (tertiary/aromatic N) is 1. The van der Waals surface area contributed by atoms with Crippen molar-refractivity contribution in [2.75, 3.05) is 6.54 Å². The van der Waals surface area contributed by atoms with Crippen LogP contribution in [-0.4, -0.2) is 16.7 Å². The highest BCUT2D eigenvalue weighted by Crippen LogP contribution is 2.25. The molecule has 0 fully saturated rings. The summed E-state index contributed by atoms with van der Waals surface area (Å²) in [7, 11) is 0. The van der Waals surface area contributed by atoms with Crippen molar-refractivity contribution in [3.63, 3.8) is 0 Å². The number of aryl methyl sites for hydroxylation is 1. The average Bonchev–Trinajstić information content (AvgIpc) is 2.67. The third-order valence-electron chi connectivity index (χ3n) is 2.55. The molecule has 1 aromatic carbocycles. The fourth-order valence-electron chi connectivity index (χ4n) is 1.75. The molecule has 0 spiro atoms. The number of aromatic nitrogens is 2. The van der Waals surface area contributed by atoms with E-state index >= 15 is 0 Å². The highest BCUT2D eigenvalue weighted by Gasteiger charge is 2.08. The predicted molar refractivity (Wildman–Crippen MR) is 61.5 cm³/mol. The Labute approximate surface area is 89.3 Å². The minimum absolute atomic E-state index is 0.640. The van der Waals surface area contributed by atoms with Crippen molar-refractivity contribution in [1.29, 1.82) is 0 Å². The minimum Gasteiger partial charge on any atom is -0.330 e. The number of aromatic amines is 1. The van der Waals surface area contributed by atoms with Gasteiger partial charge >= 0.3 is 0 Å². The molecular weight excluding hydrogens is 186 g/mol. The van der Waals surface area contributed by atoms with Crippen LogP contribution in [0, 0.1) is 6.92 Å². The molecule has 15 heavy (non-hydrogen) atoms. The zero-order valence-electron chi connectivity index (χ0n) is 8.83. The van der Waals surface area contributed by atoms with E-state index in [1.165, 1.54) is 16.7 Å². The van der Waals surface area contributed by atoms with Crippen molar-refractivity contribution in [3.8, 4) is 11.1 Å². The molecular formula is C12H15N3. The average molecular weight is 201 g/mol. The van der Waals surface area contributed by atoms with Gasteiger partial charge < -0.3 is 5.73 Å². The van der Waals surface area contributed by atoms with Gasteiger partial charge in [0.2, 0.25) is 0 Å². The van der Waals surface area contributed by atoms with E-state index < -0.39 is 0 Å². The fourth-order valence-corrected chi connectivity index (χ4v) is 1.75. The summed E-state index contributed by atoms with van der Waals surface area (Å²) in [6, 6.07) is 8.30. The molecule has 3 heteroatoms. The Morgan fingerprint density at radius 2 is 2.07 bits per heavy atom. The quantitative estimate of drug-likeness (QED) is 0.796. The molecule has 0 saturated carbocycles. The van der Waals surface area contributed by atoms with E-state index in [-0.39, 0.29) is 0 Å². The van der Waals surface area contributed by atoms with Crippen molar-refractivity contribution in [2.24, 2.45) is 5.73 Å². The Hall–Kier alpha value is -1.61. The maximum atomic E-state index is 5.56. The number of benzene rings is 1. The van der Waals surface area contributed by atoms with Crippen LogP contribution in [0.4, 0.5) is 0 Å². The van der Waals surface area contributed by atoms with Crippen LogP contribution < -0.4 is 5.73 Å². The zero-order valence-corrected chi connectivity index (χ0v) is 8.83. The number of hydrogen-bond acceptors (Lipinski definition) is 2. The van der Waals surface area contributed by atoms with Gasteiger partial charge in [0.1, 0.15) is 0 Å². The van der Waals surface area contributed by atoms with Crippen LogP contribution in [0.3, 0.4) is 0 Å². The third-order valence-corrected chi connectivity index (χ3v) is 2.55. The highest BCUT2D eigenvalue weighted by atomic mass is 15.1. The second-order valence-corrected chi connectivity index (χ2v) is 3.62. The molecule has 1 heterocycles. The predicted octanol–water partition coefficient (Wildman–Crippen LogP) is 1.89. The van der Waals surface area contributed by atoms with Crippen LogP contribution in [0.15, 0.2) is 30.5 Å². The Bertz CT molecular complexity index is 446. The van der Waals surface area contributed by atoms with Gasteiger partial charge in [0.25, 0.3) is 0 Å². The standard InChI is InChI=1S/C12H15N3/c1-9-4-2-3-5-10(9)11-8-14-15-12(11)6-7-13/h2-5,8H,6-7,13H2,1H3,(H,14,15). The van der Waals surface area contributed by atoms with Gasteiger partial charge in [-0.05, 0) is 24.6 Å². The molecule has 0 aliphatic rings. The Morgan fingerprint density at radius 3 is 2.80 bits per heavy atom. The Kier molecular flexibility index (Phi) is 2.83. The van der Waals surface area contributed by atoms with Crippen LogP contribution in [0.25, 0.3) is 11.1 Å². The van der Waals surface area contributed by atoms with E-state index in [0.29, 0.717) is 6.54 Å². The number of nitrogens with two attached hydrogens (primary N) is 1. The van der Waals surface area contributed by atoms with E-state index in [2.05, 4.69) is 29.3 Å². The lowest BCUT2D eigenvalue weighted by Gasteiger charge is -2.05. The lowest BCUT2D eigenvalue weighted by Crippen LogP contribution is -2.04. The first-order chi connectivity index (χ1) is 7.33. The molecule has 2 aromatic rings. The molecule has 0 aliphatic carbocycles. The fraction of sp³-hybridized carbons (Fsp3) is 0.250. The summed E-state index contributed by atoms with van der Waals surface area (Å²) < 4.78 is 0. The number of rotatable bonds is 3. The maximum Gasteiger partial charge on any atom is 0.0568 e. The van der Waals surface area contributed by atoms with Gasteiger partial charge in [0, 0.05) is 17.7 Å². The first-order valence-electron chi connectivity index (χ1n) is 5.11. The molecule has 0 atom stereocenters. The molecule has 0 radical (unpaired) electrons. The van der Waals surface area contributed by atoms with Gasteiger partial charge in [0.15, 0.2) is 0 Å². The van der Waals surface area contributed by atoms with Gasteiger partial charge in [0.05, 0.1) is 6.20 Å². The van der Waals surface area contributed by atoms with Gasteiger partial charge in [-0.3, -0.25) is 5.10 Å². The molecule has 1 aromatic heterocycles. The monoisotopic (exact) mass is 201 g/mol. The van der Waals surface area contributed by atoms with Gasteiger partial charge in [-0.2, -0.15) is 5.10 Å². The number of H-pyrrole nitrogens is 1. The molecule has 0 aliphatic heterocycles. The summed E-state index contributed by atoms with van der Waals surface area (Å²) in [5.41, 5.74) is 10.3. The molecule has 3 nitrogen and oxygen atoms in total. The SMILES string of the molecule is Cc1ccccc1-c1cn[nH]c1CCN. The lowest BCUT2D eigenvalue weighted by atomic mass is 10.0. The van der Waals surface area contributed by atoms with Crippen LogP contribution >= 0.6 is 0 Å². The zero-order chi connectivity index (χ0) is 10.7. The Balaban J connectivity index is 2.45. The largest absolute Gasteiger partial charge is 0.330 e. The van der Waals surface area contributed by atoms with E-state index in [4.69, 9.17) is 5.73 Å². The Morgan fingerprint density at radius 1 is 1.27 bits per heavy atom. The molecule has 2 rings (SSSR count). The minimum atomic E-state index is 0.640. The van der Waals surface area contributed by atoms with E-state index in [0.717, 1.165) is 12.1 Å². The third kappa shape index (κ3) is 1.92. The van der Waals surface area contributed by atoms with Crippen LogP contribution in [0.5, 0.6) is 0 Å². The van der Waals surface area contributed by atoms with Gasteiger partial charge in [-0.15, -0.1) is 0 Å². The van der Waals surface area contributed by atoms with Crippen LogP contribution in [0.2, 0.25) is 0 Å². The highest BCUT2D eigenvalue weighted by molar-refractivity contribution is 5.68. The summed E-state index contributed by atoms with van der Waals surface area (Å²) >= 11 is 0. The smallest absolute Gasteiger partial charge is 0.0568 e. The van der Waals surface area contributed by atoms with Gasteiger partial charge in [-0.1, -0.05) is 24.3 Å². The summed E-state index contributed by atoms with van der Waals surface area (Å²) in [5, 5.41) is 7.08. The van der Waals surface area contributed by atoms with Crippen molar-refractivity contribution >= 4 is 0 Å². The first-order valence-corrected chi connectivity index (χ1v) is 5.11. The normalized spacial score (nSPS) is 10.5. The molecule has 0 amide bonds. The molecule has 0 saturated heterocycles. The van der Waals surface area contributed by atoms with Crippen molar-refractivity contribution in [2.45, 2.75) is 13.3 Å². The maximum absolute atomic E-state index is 5.56. The van der Waals surface area contributed by atoms with E-state index in [9.17, 15) is 0 Å². The van der Waals surface area contributed by atoms with Crippen LogP contribution in [-0.2, 0) is 6.42 Å². The number of nitrogens with one attached hydrogen (secondary N) is 1. The summed E-state index contributed by atoms with van der Waals surface area (Å²) in [6.07, 6.45) is 2.71. The summed E-state index contributed by atoms with van der Waals surface area (Å²) in [5.74, 6) is 0. The van der Waals surface area contributed by atoms with Crippen molar-refractivity contribution in [3.05, 3.63) is 41.7 Å². The number of hydrogen-bond donors (Lipinski definition) is 2. The van der Waals surface area contributed by atoms with E-state index in [1.807, 2.05) is 18.3 Å². The van der Waals surface area contributed by atoms with Crippen LogP contribution in [0.1, 0.15) is 11.3 Å². The van der Waals surface area contributed by atoms with Crippen molar-refractivity contribution in [1.82, 2.24) is 10.2 Å². The van der Waals surface area contributed by atoms with E-state index in [1.54, 1.807) is 0 Å². The second-order valence-electron chi connectivity index (χ2n) is 3.62. The summed E-state index contributed by atoms with van der Waals surface area (Å²) in [4.78, 5) is 0. The van der Waals surface area contributed by atoms with Crippen molar-refractivity contribution < 1.29 is 0 Å². The summed E-state index contributed by atoms with van der Waals surface area (Å²) in [6.45, 7) is 2.75. The molecule has 3 N–H and O–H groups in total.